The maximum atomic E-state index is 12.3. The summed E-state index contributed by atoms with van der Waals surface area (Å²) in [7, 11) is 0. The fraction of sp³-hybridized carbons (Fsp3) is 0.375. The normalized spacial score (nSPS) is 14.4. The average molecular weight is 428 g/mol. The maximum absolute atomic E-state index is 12.3. The molecular formula is C24H26ClNO4. The van der Waals surface area contributed by atoms with Crippen LogP contribution in [0.3, 0.4) is 0 Å². The van der Waals surface area contributed by atoms with Gasteiger partial charge in [0.15, 0.2) is 12.4 Å². The molecule has 0 aliphatic carbocycles. The number of hydrogen-bond donors (Lipinski definition) is 0. The van der Waals surface area contributed by atoms with E-state index in [1.807, 2.05) is 18.2 Å². The molecule has 0 N–H and O–H groups in total. The standard InChI is InChI=1S/C24H26ClNO4/c25-21-8-6-20(7-9-21)22(27)10-11-24(29)30-17-23(28)26-14-12-19(13-15-26)16-18-4-2-1-3-5-18/h1-9,19H,10-17H2. The maximum Gasteiger partial charge on any atom is 0.306 e. The molecule has 0 aromatic heterocycles. The van der Waals surface area contributed by atoms with Gasteiger partial charge in [-0.25, -0.2) is 0 Å². The number of nitrogens with zero attached hydrogens (tertiary/aromatic N) is 1. The van der Waals surface area contributed by atoms with Crippen molar-refractivity contribution in [1.82, 2.24) is 4.90 Å². The van der Waals surface area contributed by atoms with Gasteiger partial charge in [0.1, 0.15) is 0 Å². The van der Waals surface area contributed by atoms with Gasteiger partial charge >= 0.3 is 5.97 Å². The number of hydrogen-bond acceptors (Lipinski definition) is 4. The number of piperidine rings is 1. The minimum absolute atomic E-state index is 0.0412. The molecule has 30 heavy (non-hydrogen) atoms. The Morgan fingerprint density at radius 2 is 1.60 bits per heavy atom. The molecule has 0 radical (unpaired) electrons. The van der Waals surface area contributed by atoms with Gasteiger partial charge in [0.05, 0.1) is 6.42 Å². The van der Waals surface area contributed by atoms with Crippen LogP contribution in [0.4, 0.5) is 0 Å². The van der Waals surface area contributed by atoms with E-state index in [0.29, 0.717) is 29.6 Å². The molecule has 0 unspecified atom stereocenters. The number of ketones is 1. The highest BCUT2D eigenvalue weighted by atomic mass is 35.5. The highest BCUT2D eigenvalue weighted by Crippen LogP contribution is 2.21. The molecule has 1 amide bonds. The Labute approximate surface area is 182 Å². The molecule has 2 aromatic carbocycles. The molecule has 158 valence electrons. The highest BCUT2D eigenvalue weighted by molar-refractivity contribution is 6.30. The van der Waals surface area contributed by atoms with Crippen LogP contribution in [0.25, 0.3) is 0 Å². The van der Waals surface area contributed by atoms with Crippen LogP contribution in [0, 0.1) is 5.92 Å². The van der Waals surface area contributed by atoms with E-state index in [-0.39, 0.29) is 31.1 Å². The summed E-state index contributed by atoms with van der Waals surface area (Å²) in [6, 6.07) is 16.9. The zero-order valence-electron chi connectivity index (χ0n) is 16.9. The predicted molar refractivity (Wildman–Crippen MR) is 115 cm³/mol. The van der Waals surface area contributed by atoms with E-state index >= 15 is 0 Å². The van der Waals surface area contributed by atoms with Gasteiger partial charge in [0.25, 0.3) is 5.91 Å². The number of esters is 1. The van der Waals surface area contributed by atoms with Crippen LogP contribution < -0.4 is 0 Å². The third-order valence-electron chi connectivity index (χ3n) is 5.41. The summed E-state index contributed by atoms with van der Waals surface area (Å²) in [4.78, 5) is 38.1. The van der Waals surface area contributed by atoms with Crippen LogP contribution >= 0.6 is 11.6 Å². The Bertz CT molecular complexity index is 859. The number of carbonyl (C=O) groups excluding carboxylic acids is 3. The second-order valence-corrected chi connectivity index (χ2v) is 8.04. The zero-order valence-corrected chi connectivity index (χ0v) is 17.6. The number of ether oxygens (including phenoxy) is 1. The molecular weight excluding hydrogens is 402 g/mol. The van der Waals surface area contributed by atoms with Crippen LogP contribution in [0.1, 0.15) is 41.6 Å². The number of rotatable bonds is 8. The van der Waals surface area contributed by atoms with Crippen molar-refractivity contribution in [2.75, 3.05) is 19.7 Å². The van der Waals surface area contributed by atoms with Crippen molar-refractivity contribution in [2.45, 2.75) is 32.1 Å². The first-order valence-electron chi connectivity index (χ1n) is 10.3. The Hall–Kier alpha value is -2.66. The van der Waals surface area contributed by atoms with E-state index in [2.05, 4.69) is 12.1 Å². The minimum atomic E-state index is -0.537. The Morgan fingerprint density at radius 1 is 0.933 bits per heavy atom. The van der Waals surface area contributed by atoms with Gasteiger partial charge in [-0.2, -0.15) is 0 Å². The van der Waals surface area contributed by atoms with Crippen molar-refractivity contribution >= 4 is 29.3 Å². The molecule has 0 saturated carbocycles. The van der Waals surface area contributed by atoms with E-state index < -0.39 is 5.97 Å². The van der Waals surface area contributed by atoms with E-state index in [9.17, 15) is 14.4 Å². The molecule has 2 aromatic rings. The molecule has 1 aliphatic heterocycles. The fourth-order valence-electron chi connectivity index (χ4n) is 3.64. The number of benzene rings is 2. The summed E-state index contributed by atoms with van der Waals surface area (Å²) in [6.07, 6.45) is 2.92. The van der Waals surface area contributed by atoms with Gasteiger partial charge in [-0.3, -0.25) is 14.4 Å². The molecule has 0 atom stereocenters. The molecule has 5 nitrogen and oxygen atoms in total. The summed E-state index contributed by atoms with van der Waals surface area (Å²) in [6.45, 7) is 1.10. The van der Waals surface area contributed by atoms with Crippen LogP contribution in [-0.2, 0) is 20.7 Å². The molecule has 6 heteroatoms. The van der Waals surface area contributed by atoms with Crippen molar-refractivity contribution in [2.24, 2.45) is 5.92 Å². The van der Waals surface area contributed by atoms with Gasteiger partial charge in [-0.15, -0.1) is 0 Å². The Kier molecular flexibility index (Phi) is 8.03. The van der Waals surface area contributed by atoms with Crippen molar-refractivity contribution in [3.8, 4) is 0 Å². The smallest absolute Gasteiger partial charge is 0.306 e. The van der Waals surface area contributed by atoms with Crippen molar-refractivity contribution in [3.63, 3.8) is 0 Å². The van der Waals surface area contributed by atoms with Crippen molar-refractivity contribution in [1.29, 1.82) is 0 Å². The third-order valence-corrected chi connectivity index (χ3v) is 5.67. The second-order valence-electron chi connectivity index (χ2n) is 7.60. The van der Waals surface area contributed by atoms with Gasteiger partial charge in [-0.1, -0.05) is 41.9 Å². The number of Topliss-reactive ketones (excluding diaryl/α,β-unsaturated/α-hetero) is 1. The minimum Gasteiger partial charge on any atom is -0.456 e. The molecule has 0 bridgehead atoms. The first-order chi connectivity index (χ1) is 14.5. The molecule has 1 saturated heterocycles. The van der Waals surface area contributed by atoms with E-state index in [0.717, 1.165) is 19.3 Å². The lowest BCUT2D eigenvalue weighted by Crippen LogP contribution is -2.41. The summed E-state index contributed by atoms with van der Waals surface area (Å²) in [5.74, 6) is -0.302. The van der Waals surface area contributed by atoms with Crippen molar-refractivity contribution in [3.05, 3.63) is 70.7 Å². The second kappa shape index (κ2) is 10.9. The monoisotopic (exact) mass is 427 g/mol. The lowest BCUT2D eigenvalue weighted by molar-refractivity contribution is -0.152. The predicted octanol–water partition coefficient (Wildman–Crippen LogP) is 4.33. The quantitative estimate of drug-likeness (QED) is 0.464. The summed E-state index contributed by atoms with van der Waals surface area (Å²) in [5.41, 5.74) is 1.83. The summed E-state index contributed by atoms with van der Waals surface area (Å²) in [5, 5.41) is 0.550. The molecule has 1 fully saturated rings. The first-order valence-corrected chi connectivity index (χ1v) is 10.6. The molecule has 0 spiro atoms. The largest absolute Gasteiger partial charge is 0.456 e. The summed E-state index contributed by atoms with van der Waals surface area (Å²) < 4.78 is 5.08. The lowest BCUT2D eigenvalue weighted by atomic mass is 9.90. The van der Waals surface area contributed by atoms with Crippen molar-refractivity contribution < 1.29 is 19.1 Å². The topological polar surface area (TPSA) is 63.7 Å². The number of carbonyl (C=O) groups is 3. The fourth-order valence-corrected chi connectivity index (χ4v) is 3.76. The van der Waals surface area contributed by atoms with Crippen LogP contribution in [0.2, 0.25) is 5.02 Å². The van der Waals surface area contributed by atoms with Gasteiger partial charge in [0.2, 0.25) is 0 Å². The highest BCUT2D eigenvalue weighted by Gasteiger charge is 2.23. The average Bonchev–Trinajstić information content (AvgIpc) is 2.77. The number of likely N-dealkylation sites (tertiary alicyclic amines) is 1. The van der Waals surface area contributed by atoms with Gasteiger partial charge in [-0.05, 0) is 55.0 Å². The number of halogens is 1. The molecule has 3 rings (SSSR count). The van der Waals surface area contributed by atoms with Gasteiger partial charge < -0.3 is 9.64 Å². The SMILES string of the molecule is O=C(CCC(=O)c1ccc(Cl)cc1)OCC(=O)N1CCC(Cc2ccccc2)CC1. The van der Waals surface area contributed by atoms with E-state index in [1.54, 1.807) is 29.2 Å². The third kappa shape index (κ3) is 6.70. The lowest BCUT2D eigenvalue weighted by Gasteiger charge is -2.32. The summed E-state index contributed by atoms with van der Waals surface area (Å²) >= 11 is 5.80. The van der Waals surface area contributed by atoms with E-state index in [1.165, 1.54) is 5.56 Å². The molecule has 1 aliphatic rings. The number of amides is 1. The Morgan fingerprint density at radius 3 is 2.27 bits per heavy atom. The first kappa shape index (κ1) is 22.0. The zero-order chi connectivity index (χ0) is 21.3. The molecule has 1 heterocycles. The van der Waals surface area contributed by atoms with Gasteiger partial charge in [0, 0.05) is 30.1 Å². The van der Waals surface area contributed by atoms with Crippen LogP contribution in [0.15, 0.2) is 54.6 Å². The van der Waals surface area contributed by atoms with Crippen LogP contribution in [-0.4, -0.2) is 42.3 Å². The van der Waals surface area contributed by atoms with Crippen LogP contribution in [0.5, 0.6) is 0 Å². The Balaban J connectivity index is 1.33. The van der Waals surface area contributed by atoms with E-state index in [4.69, 9.17) is 16.3 Å².